The number of furan rings is 1. The van der Waals surface area contributed by atoms with E-state index in [0.717, 1.165) is 31.4 Å². The first-order chi connectivity index (χ1) is 9.19. The predicted octanol–water partition coefficient (Wildman–Crippen LogP) is 1.04. The van der Waals surface area contributed by atoms with Crippen molar-refractivity contribution >= 4 is 5.91 Å². The quantitative estimate of drug-likeness (QED) is 0.744. The van der Waals surface area contributed by atoms with Gasteiger partial charge in [0.25, 0.3) is 0 Å². The van der Waals surface area contributed by atoms with Crippen LogP contribution < -0.4 is 10.6 Å². The molecule has 0 bridgehead atoms. The monoisotopic (exact) mass is 266 g/mol. The zero-order valence-corrected chi connectivity index (χ0v) is 11.3. The van der Waals surface area contributed by atoms with Crippen molar-refractivity contribution in [3.05, 3.63) is 24.2 Å². The van der Waals surface area contributed by atoms with Crippen LogP contribution in [0.3, 0.4) is 0 Å². The molecular formula is C14H22N2O3. The second-order valence-electron chi connectivity index (χ2n) is 5.26. The molecule has 1 aromatic rings. The van der Waals surface area contributed by atoms with Crippen molar-refractivity contribution in [2.45, 2.75) is 37.8 Å². The van der Waals surface area contributed by atoms with Crippen molar-refractivity contribution in [1.82, 2.24) is 10.6 Å². The number of rotatable bonds is 5. The molecule has 0 unspecified atom stereocenters. The fourth-order valence-corrected chi connectivity index (χ4v) is 2.65. The maximum absolute atomic E-state index is 12.0. The van der Waals surface area contributed by atoms with Gasteiger partial charge >= 0.3 is 0 Å². The van der Waals surface area contributed by atoms with Crippen LogP contribution in [0, 0.1) is 5.92 Å². The van der Waals surface area contributed by atoms with Crippen molar-refractivity contribution < 1.29 is 14.3 Å². The van der Waals surface area contributed by atoms with E-state index in [1.54, 1.807) is 6.26 Å². The van der Waals surface area contributed by atoms with Crippen LogP contribution in [0.4, 0.5) is 0 Å². The molecule has 0 spiro atoms. The summed E-state index contributed by atoms with van der Waals surface area (Å²) in [5, 5.41) is 15.5. The summed E-state index contributed by atoms with van der Waals surface area (Å²) in [4.78, 5) is 12.0. The highest BCUT2D eigenvalue weighted by Gasteiger charge is 2.35. The van der Waals surface area contributed by atoms with Gasteiger partial charge in [-0.2, -0.15) is 0 Å². The third kappa shape index (κ3) is 3.36. The lowest BCUT2D eigenvalue weighted by molar-refractivity contribution is -0.126. The summed E-state index contributed by atoms with van der Waals surface area (Å²) in [6.45, 7) is 0.573. The number of aliphatic hydroxyl groups excluding tert-OH is 1. The van der Waals surface area contributed by atoms with Crippen LogP contribution in [0.25, 0.3) is 0 Å². The molecule has 2 rings (SSSR count). The average Bonchev–Trinajstić information content (AvgIpc) is 2.98. The second kappa shape index (κ2) is 6.21. The second-order valence-corrected chi connectivity index (χ2v) is 5.26. The summed E-state index contributed by atoms with van der Waals surface area (Å²) in [6, 6.07) is 3.66. The average molecular weight is 266 g/mol. The first kappa shape index (κ1) is 14.1. The van der Waals surface area contributed by atoms with Gasteiger partial charge in [-0.05, 0) is 44.9 Å². The van der Waals surface area contributed by atoms with Gasteiger partial charge in [0.1, 0.15) is 5.76 Å². The Morgan fingerprint density at radius 1 is 1.53 bits per heavy atom. The van der Waals surface area contributed by atoms with Crippen LogP contribution >= 0.6 is 0 Å². The molecule has 1 aliphatic carbocycles. The molecule has 5 nitrogen and oxygen atoms in total. The lowest BCUT2D eigenvalue weighted by Crippen LogP contribution is -2.50. The van der Waals surface area contributed by atoms with E-state index in [2.05, 4.69) is 10.6 Å². The van der Waals surface area contributed by atoms with Crippen molar-refractivity contribution in [3.8, 4) is 0 Å². The first-order valence-electron chi connectivity index (χ1n) is 6.79. The van der Waals surface area contributed by atoms with Crippen molar-refractivity contribution in [2.75, 3.05) is 13.7 Å². The third-order valence-electron chi connectivity index (χ3n) is 4.16. The number of hydrogen-bond donors (Lipinski definition) is 3. The summed E-state index contributed by atoms with van der Waals surface area (Å²) < 4.78 is 5.18. The van der Waals surface area contributed by atoms with E-state index in [1.165, 1.54) is 0 Å². The van der Waals surface area contributed by atoms with Crippen LogP contribution in [0.2, 0.25) is 0 Å². The standard InChI is InChI=1S/C14H22N2O3/c1-15-14(10-17)6-4-11(5-7-14)13(18)16-9-12-3-2-8-19-12/h2-3,8,11,15,17H,4-7,9-10H2,1H3,(H,16,18). The van der Waals surface area contributed by atoms with E-state index in [9.17, 15) is 9.90 Å². The van der Waals surface area contributed by atoms with E-state index in [0.29, 0.717) is 6.54 Å². The van der Waals surface area contributed by atoms with Crippen LogP contribution in [0.5, 0.6) is 0 Å². The summed E-state index contributed by atoms with van der Waals surface area (Å²) in [5.41, 5.74) is -0.197. The van der Waals surface area contributed by atoms with Gasteiger partial charge in [-0.15, -0.1) is 0 Å². The number of nitrogens with one attached hydrogen (secondary N) is 2. The largest absolute Gasteiger partial charge is 0.467 e. The number of amides is 1. The number of carbonyl (C=O) groups excluding carboxylic acids is 1. The summed E-state index contributed by atoms with van der Waals surface area (Å²) in [7, 11) is 1.87. The van der Waals surface area contributed by atoms with Gasteiger partial charge in [-0.3, -0.25) is 4.79 Å². The Morgan fingerprint density at radius 2 is 2.26 bits per heavy atom. The molecule has 19 heavy (non-hydrogen) atoms. The minimum absolute atomic E-state index is 0.0444. The third-order valence-corrected chi connectivity index (χ3v) is 4.16. The first-order valence-corrected chi connectivity index (χ1v) is 6.79. The molecule has 0 radical (unpaired) electrons. The molecule has 1 amide bonds. The molecule has 0 aliphatic heterocycles. The molecule has 106 valence electrons. The molecule has 5 heteroatoms. The Bertz CT molecular complexity index is 389. The van der Waals surface area contributed by atoms with Gasteiger partial charge in [-0.1, -0.05) is 0 Å². The van der Waals surface area contributed by atoms with Crippen LogP contribution in [0.15, 0.2) is 22.8 Å². The van der Waals surface area contributed by atoms with Crippen LogP contribution in [0.1, 0.15) is 31.4 Å². The van der Waals surface area contributed by atoms with Gasteiger partial charge in [-0.25, -0.2) is 0 Å². The van der Waals surface area contributed by atoms with Crippen molar-refractivity contribution in [3.63, 3.8) is 0 Å². The highest BCUT2D eigenvalue weighted by Crippen LogP contribution is 2.31. The smallest absolute Gasteiger partial charge is 0.223 e. The Kier molecular flexibility index (Phi) is 4.61. The SMILES string of the molecule is CNC1(CO)CCC(C(=O)NCc2ccco2)CC1. The normalized spacial score (nSPS) is 27.2. The molecule has 1 heterocycles. The van der Waals surface area contributed by atoms with E-state index in [-0.39, 0.29) is 24.0 Å². The number of aliphatic hydroxyl groups is 1. The minimum Gasteiger partial charge on any atom is -0.467 e. The molecule has 0 atom stereocenters. The van der Waals surface area contributed by atoms with Gasteiger partial charge < -0.3 is 20.2 Å². The van der Waals surface area contributed by atoms with Gasteiger partial charge in [0, 0.05) is 11.5 Å². The van der Waals surface area contributed by atoms with E-state index in [1.807, 2.05) is 19.2 Å². The summed E-state index contributed by atoms with van der Waals surface area (Å²) >= 11 is 0. The summed E-state index contributed by atoms with van der Waals surface area (Å²) in [6.07, 6.45) is 4.89. The molecule has 1 saturated carbocycles. The Morgan fingerprint density at radius 3 is 2.79 bits per heavy atom. The van der Waals surface area contributed by atoms with Crippen LogP contribution in [-0.2, 0) is 11.3 Å². The van der Waals surface area contributed by atoms with Crippen molar-refractivity contribution in [1.29, 1.82) is 0 Å². The zero-order valence-electron chi connectivity index (χ0n) is 11.3. The Labute approximate surface area is 113 Å². The molecule has 0 saturated heterocycles. The molecule has 1 fully saturated rings. The van der Waals surface area contributed by atoms with E-state index in [4.69, 9.17) is 4.42 Å². The predicted molar refractivity (Wildman–Crippen MR) is 71.4 cm³/mol. The number of hydrogen-bond acceptors (Lipinski definition) is 4. The molecule has 3 N–H and O–H groups in total. The fourth-order valence-electron chi connectivity index (χ4n) is 2.65. The highest BCUT2D eigenvalue weighted by atomic mass is 16.3. The number of likely N-dealkylation sites (N-methyl/N-ethyl adjacent to an activating group) is 1. The maximum Gasteiger partial charge on any atom is 0.223 e. The fraction of sp³-hybridized carbons (Fsp3) is 0.643. The van der Waals surface area contributed by atoms with E-state index < -0.39 is 0 Å². The molecule has 1 aliphatic rings. The summed E-state index contributed by atoms with van der Waals surface area (Å²) in [5.74, 6) is 0.895. The highest BCUT2D eigenvalue weighted by molar-refractivity contribution is 5.78. The molecule has 1 aromatic heterocycles. The lowest BCUT2D eigenvalue weighted by atomic mass is 9.76. The minimum atomic E-state index is -0.197. The molecule has 0 aromatic carbocycles. The van der Waals surface area contributed by atoms with E-state index >= 15 is 0 Å². The van der Waals surface area contributed by atoms with Gasteiger partial charge in [0.05, 0.1) is 19.4 Å². The number of carbonyl (C=O) groups is 1. The lowest BCUT2D eigenvalue weighted by Gasteiger charge is -2.38. The van der Waals surface area contributed by atoms with Gasteiger partial charge in [0.15, 0.2) is 0 Å². The van der Waals surface area contributed by atoms with Gasteiger partial charge in [0.2, 0.25) is 5.91 Å². The zero-order chi connectivity index (χ0) is 13.7. The van der Waals surface area contributed by atoms with Crippen LogP contribution in [-0.4, -0.2) is 30.2 Å². The topological polar surface area (TPSA) is 74.5 Å². The Balaban J connectivity index is 1.79. The van der Waals surface area contributed by atoms with Crippen molar-refractivity contribution in [2.24, 2.45) is 5.92 Å². The Hall–Kier alpha value is -1.33. The molecular weight excluding hydrogens is 244 g/mol. The maximum atomic E-state index is 12.0.